The quantitative estimate of drug-likeness (QED) is 0.170. The van der Waals surface area contributed by atoms with E-state index >= 15 is 0 Å². The number of pyridine rings is 1. The normalized spacial score (nSPS) is 27.4. The fourth-order valence-electron chi connectivity index (χ4n) is 6.76. The van der Waals surface area contributed by atoms with Crippen molar-refractivity contribution < 1.29 is 18.6 Å². The van der Waals surface area contributed by atoms with Gasteiger partial charge in [-0.25, -0.2) is 0 Å². The summed E-state index contributed by atoms with van der Waals surface area (Å²) in [4.78, 5) is 5.56. The summed E-state index contributed by atoms with van der Waals surface area (Å²) in [5.41, 5.74) is 7.17. The van der Waals surface area contributed by atoms with E-state index < -0.39 is 13.9 Å². The van der Waals surface area contributed by atoms with Gasteiger partial charge in [0.25, 0.3) is 0 Å². The molecule has 0 bridgehead atoms. The Hall–Kier alpha value is -1.00. The summed E-state index contributed by atoms with van der Waals surface area (Å²) in [7, 11) is -2.08. The lowest BCUT2D eigenvalue weighted by atomic mass is 9.70. The zero-order chi connectivity index (χ0) is 30.8. The van der Waals surface area contributed by atoms with Crippen molar-refractivity contribution in [1.29, 1.82) is 0 Å². The van der Waals surface area contributed by atoms with Gasteiger partial charge in [-0.1, -0.05) is 83.2 Å². The topological polar surface area (TPSA) is 49.8 Å². The molecule has 42 heavy (non-hydrogen) atoms. The van der Waals surface area contributed by atoms with Crippen LogP contribution in [0.3, 0.4) is 0 Å². The van der Waals surface area contributed by atoms with E-state index in [1.54, 1.807) is 0 Å². The Kier molecular flexibility index (Phi) is 8.80. The third-order valence-electron chi connectivity index (χ3n) is 9.83. The van der Waals surface area contributed by atoms with Crippen molar-refractivity contribution in [2.75, 3.05) is 13.2 Å². The van der Waals surface area contributed by atoms with E-state index in [-0.39, 0.29) is 38.6 Å². The molecule has 0 radical (unpaired) electrons. The molecule has 1 aliphatic carbocycles. The Morgan fingerprint density at radius 1 is 1.05 bits per heavy atom. The molecule has 5 rings (SSSR count). The minimum atomic E-state index is -2.08. The summed E-state index contributed by atoms with van der Waals surface area (Å²) < 4.78 is 27.0. The van der Waals surface area contributed by atoms with Gasteiger partial charge in [-0.2, -0.15) is 0 Å². The van der Waals surface area contributed by atoms with E-state index in [0.29, 0.717) is 13.2 Å². The van der Waals surface area contributed by atoms with Crippen LogP contribution >= 0.6 is 22.6 Å². The van der Waals surface area contributed by atoms with Crippen LogP contribution in [0.15, 0.2) is 24.3 Å². The molecule has 4 atom stereocenters. The first-order valence-corrected chi connectivity index (χ1v) is 20.0. The lowest BCUT2D eigenvalue weighted by molar-refractivity contribution is -0.113. The molecular formula is C35H52INO4Si. The van der Waals surface area contributed by atoms with Crippen LogP contribution in [-0.2, 0) is 25.9 Å². The monoisotopic (exact) mass is 705 g/mol. The first-order valence-electron chi connectivity index (χ1n) is 15.9. The standard InChI is InChI=1S/C35H52INO4Si/c1-21(2)31-29-30(28-25(37-31)18-34(8,9)19-26(28)41-42(10,11)33(5,6)7)35(16-17-38-20-27(35)36)40-32(29)23-12-14-24(15-13-23)39-22(3)4/h12-15,21-22,26-27,32H,16-20H2,1-11H3/t26-,27?,32?,35?/m0/s1. The van der Waals surface area contributed by atoms with Crippen LogP contribution in [0.25, 0.3) is 0 Å². The van der Waals surface area contributed by atoms with Gasteiger partial charge < -0.3 is 18.6 Å². The second kappa shape index (κ2) is 11.4. The number of fused-ring (bicyclic) bond motifs is 4. The molecule has 1 saturated heterocycles. The van der Waals surface area contributed by atoms with Gasteiger partial charge >= 0.3 is 0 Å². The molecule has 3 heterocycles. The van der Waals surface area contributed by atoms with Crippen LogP contribution in [0.4, 0.5) is 0 Å². The lowest BCUT2D eigenvalue weighted by Gasteiger charge is -2.47. The minimum Gasteiger partial charge on any atom is -0.491 e. The second-order valence-corrected chi connectivity index (χ2v) is 21.9. The Morgan fingerprint density at radius 3 is 2.29 bits per heavy atom. The first-order chi connectivity index (χ1) is 19.5. The van der Waals surface area contributed by atoms with E-state index in [4.69, 9.17) is 23.6 Å². The van der Waals surface area contributed by atoms with Gasteiger partial charge in [0.2, 0.25) is 0 Å². The van der Waals surface area contributed by atoms with Gasteiger partial charge in [0.05, 0.1) is 22.7 Å². The van der Waals surface area contributed by atoms with E-state index in [9.17, 15) is 0 Å². The summed E-state index contributed by atoms with van der Waals surface area (Å²) in [6.45, 7) is 26.6. The molecule has 0 amide bonds. The Morgan fingerprint density at radius 2 is 1.71 bits per heavy atom. The number of nitrogens with zero attached hydrogens (tertiary/aromatic N) is 1. The van der Waals surface area contributed by atoms with E-state index in [2.05, 4.69) is 122 Å². The highest BCUT2D eigenvalue weighted by Crippen LogP contribution is 2.60. The number of rotatable bonds is 6. The third-order valence-corrected chi connectivity index (χ3v) is 15.7. The first kappa shape index (κ1) is 32.4. The number of benzene rings is 1. The summed E-state index contributed by atoms with van der Waals surface area (Å²) in [5.74, 6) is 1.16. The fraction of sp³-hybridized carbons (Fsp3) is 0.686. The molecular weight excluding hydrogens is 653 g/mol. The second-order valence-electron chi connectivity index (χ2n) is 15.6. The van der Waals surface area contributed by atoms with Gasteiger partial charge in [-0.05, 0) is 73.9 Å². The third kappa shape index (κ3) is 5.86. The number of hydrogen-bond acceptors (Lipinski definition) is 5. The molecule has 2 aromatic rings. The van der Waals surface area contributed by atoms with Gasteiger partial charge in [-0.3, -0.25) is 4.98 Å². The number of hydrogen-bond donors (Lipinski definition) is 0. The predicted molar refractivity (Wildman–Crippen MR) is 182 cm³/mol. The number of halogens is 1. The SMILES string of the molecule is CC(C)Oc1ccc(C2OC3(CCOCC3I)c3c2c(C(C)C)nc2c3[C@@H](O[Si](C)(C)C(C)(C)C)CC(C)(C)C2)cc1. The highest BCUT2D eigenvalue weighted by Gasteiger charge is 2.56. The van der Waals surface area contributed by atoms with Crippen molar-refractivity contribution in [1.82, 2.24) is 4.98 Å². The number of alkyl halides is 1. The lowest BCUT2D eigenvalue weighted by Crippen LogP contribution is -2.47. The van der Waals surface area contributed by atoms with Crippen LogP contribution in [0.1, 0.15) is 127 Å². The Labute approximate surface area is 269 Å². The van der Waals surface area contributed by atoms with Crippen molar-refractivity contribution in [3.05, 3.63) is 57.9 Å². The average Bonchev–Trinajstić information content (AvgIpc) is 3.19. The zero-order valence-electron chi connectivity index (χ0n) is 27.7. The summed E-state index contributed by atoms with van der Waals surface area (Å²) in [6.07, 6.45) is 2.73. The van der Waals surface area contributed by atoms with Crippen LogP contribution < -0.4 is 4.74 Å². The smallest absolute Gasteiger partial charge is 0.192 e. The molecule has 0 saturated carbocycles. The van der Waals surface area contributed by atoms with Gasteiger partial charge in [0.15, 0.2) is 8.32 Å². The Balaban J connectivity index is 1.77. The van der Waals surface area contributed by atoms with Crippen LogP contribution in [0.5, 0.6) is 5.75 Å². The molecule has 5 nitrogen and oxygen atoms in total. The van der Waals surface area contributed by atoms with Crippen molar-refractivity contribution >= 4 is 30.9 Å². The molecule has 1 aromatic carbocycles. The largest absolute Gasteiger partial charge is 0.491 e. The maximum atomic E-state index is 7.42. The fourth-order valence-corrected chi connectivity index (χ4v) is 9.05. The molecule has 1 fully saturated rings. The number of ether oxygens (including phenoxy) is 3. The molecule has 1 spiro atoms. The maximum absolute atomic E-state index is 7.42. The molecule has 0 N–H and O–H groups in total. The van der Waals surface area contributed by atoms with E-state index in [1.165, 1.54) is 28.1 Å². The van der Waals surface area contributed by atoms with E-state index in [1.807, 2.05) is 0 Å². The average molecular weight is 706 g/mol. The highest BCUT2D eigenvalue weighted by atomic mass is 127. The summed E-state index contributed by atoms with van der Waals surface area (Å²) in [5, 5.41) is 0.115. The van der Waals surface area contributed by atoms with Gasteiger partial charge in [-0.15, -0.1) is 0 Å². The van der Waals surface area contributed by atoms with Crippen molar-refractivity contribution in [3.8, 4) is 5.75 Å². The predicted octanol–water partition coefficient (Wildman–Crippen LogP) is 9.57. The highest BCUT2D eigenvalue weighted by molar-refractivity contribution is 14.1. The summed E-state index contributed by atoms with van der Waals surface area (Å²) in [6, 6.07) is 8.54. The maximum Gasteiger partial charge on any atom is 0.192 e. The van der Waals surface area contributed by atoms with Crippen molar-refractivity contribution in [2.24, 2.45) is 5.41 Å². The van der Waals surface area contributed by atoms with Crippen LogP contribution in [0, 0.1) is 5.41 Å². The van der Waals surface area contributed by atoms with E-state index in [0.717, 1.165) is 30.6 Å². The molecule has 7 heteroatoms. The minimum absolute atomic E-state index is 0.000378. The van der Waals surface area contributed by atoms with Crippen LogP contribution in [-0.4, -0.2) is 36.5 Å². The molecule has 232 valence electrons. The molecule has 1 aromatic heterocycles. The Bertz CT molecular complexity index is 1300. The molecule has 2 aliphatic heterocycles. The summed E-state index contributed by atoms with van der Waals surface area (Å²) >= 11 is 2.59. The zero-order valence-corrected chi connectivity index (χ0v) is 30.8. The van der Waals surface area contributed by atoms with Crippen LogP contribution in [0.2, 0.25) is 18.1 Å². The molecule has 3 unspecified atom stereocenters. The van der Waals surface area contributed by atoms with Gasteiger partial charge in [0, 0.05) is 41.1 Å². The van der Waals surface area contributed by atoms with Gasteiger partial charge in [0.1, 0.15) is 17.5 Å². The van der Waals surface area contributed by atoms with Crippen molar-refractivity contribution in [3.63, 3.8) is 0 Å². The molecule has 3 aliphatic rings. The van der Waals surface area contributed by atoms with Crippen molar-refractivity contribution in [2.45, 2.75) is 133 Å². The number of aromatic nitrogens is 1.